The minimum Gasteiger partial charge on any atom is -0.479 e. The zero-order valence-electron chi connectivity index (χ0n) is 12.1. The van der Waals surface area contributed by atoms with Crippen LogP contribution in [0.5, 0.6) is 5.88 Å². The second-order valence-electron chi connectivity index (χ2n) is 4.51. The third kappa shape index (κ3) is 3.86. The normalized spacial score (nSPS) is 11.0. The van der Waals surface area contributed by atoms with Crippen molar-refractivity contribution >= 4 is 27.4 Å². The highest BCUT2D eigenvalue weighted by atomic mass is 32.2. The summed E-state index contributed by atoms with van der Waals surface area (Å²) in [4.78, 5) is 22.8. The maximum Gasteiger partial charge on any atom is 0.335 e. The van der Waals surface area contributed by atoms with Crippen LogP contribution in [0.1, 0.15) is 20.9 Å². The Morgan fingerprint density at radius 3 is 2.48 bits per heavy atom. The number of aromatic carboxylic acids is 1. The number of hydrogen-bond donors (Lipinski definition) is 2. The molecule has 1 aromatic carbocycles. The molecule has 23 heavy (non-hydrogen) atoms. The molecule has 122 valence electrons. The highest BCUT2D eigenvalue weighted by molar-refractivity contribution is 7.90. The van der Waals surface area contributed by atoms with E-state index in [-0.39, 0.29) is 27.8 Å². The summed E-state index contributed by atoms with van der Waals surface area (Å²) in [6.07, 6.45) is 0.931. The maximum absolute atomic E-state index is 12.0. The Hall–Kier alpha value is -2.88. The van der Waals surface area contributed by atoms with Crippen LogP contribution in [0.15, 0.2) is 33.7 Å². The van der Waals surface area contributed by atoms with Gasteiger partial charge in [-0.2, -0.15) is 0 Å². The van der Waals surface area contributed by atoms with Gasteiger partial charge in [0.25, 0.3) is 11.8 Å². The van der Waals surface area contributed by atoms with Crippen LogP contribution < -0.4 is 10.1 Å². The maximum atomic E-state index is 12.0. The summed E-state index contributed by atoms with van der Waals surface area (Å²) in [6, 6.07) is 4.51. The monoisotopic (exact) mass is 340 g/mol. The molecule has 0 fully saturated rings. The molecule has 1 amide bonds. The van der Waals surface area contributed by atoms with Gasteiger partial charge in [-0.25, -0.2) is 13.2 Å². The highest BCUT2D eigenvalue weighted by Crippen LogP contribution is 2.20. The lowest BCUT2D eigenvalue weighted by atomic mass is 10.2. The minimum absolute atomic E-state index is 0.00862. The Bertz CT molecular complexity index is 870. The number of rotatable bonds is 5. The van der Waals surface area contributed by atoms with E-state index in [9.17, 15) is 18.0 Å². The fourth-order valence-corrected chi connectivity index (χ4v) is 2.35. The van der Waals surface area contributed by atoms with Crippen molar-refractivity contribution in [2.75, 3.05) is 18.7 Å². The number of carbonyl (C=O) groups is 2. The fourth-order valence-electron chi connectivity index (χ4n) is 1.66. The summed E-state index contributed by atoms with van der Waals surface area (Å²) in [5, 5.41) is 14.8. The number of methoxy groups -OCH3 is 1. The zero-order valence-corrected chi connectivity index (χ0v) is 12.9. The van der Waals surface area contributed by atoms with E-state index in [2.05, 4.69) is 10.5 Å². The summed E-state index contributed by atoms with van der Waals surface area (Å²) in [5.74, 6) is -2.15. The highest BCUT2D eigenvalue weighted by Gasteiger charge is 2.17. The van der Waals surface area contributed by atoms with Gasteiger partial charge < -0.3 is 19.7 Å². The first-order valence-electron chi connectivity index (χ1n) is 6.11. The van der Waals surface area contributed by atoms with Crippen molar-refractivity contribution in [3.8, 4) is 5.88 Å². The van der Waals surface area contributed by atoms with Crippen LogP contribution in [-0.4, -0.2) is 43.9 Å². The van der Waals surface area contributed by atoms with Crippen LogP contribution in [-0.2, 0) is 9.84 Å². The number of carboxylic acid groups (broad SMARTS) is 1. The fraction of sp³-hybridized carbons (Fsp3) is 0.154. The standard InChI is InChI=1S/C13H12N2O7S/c1-21-11-6-10(22-15-11)12(16)14-8-3-7(13(17)18)4-9(5-8)23(2,19)20/h3-6H,1-2H3,(H,14,16)(H,17,18). The molecule has 0 radical (unpaired) electrons. The summed E-state index contributed by atoms with van der Waals surface area (Å²) in [6.45, 7) is 0. The molecule has 0 aliphatic rings. The lowest BCUT2D eigenvalue weighted by molar-refractivity contribution is 0.0696. The Labute approximate surface area is 130 Å². The van der Waals surface area contributed by atoms with Crippen LogP contribution in [0.2, 0.25) is 0 Å². The van der Waals surface area contributed by atoms with Gasteiger partial charge in [-0.1, -0.05) is 0 Å². The van der Waals surface area contributed by atoms with Crippen molar-refractivity contribution < 1.29 is 32.4 Å². The molecule has 0 saturated carbocycles. The summed E-state index contributed by atoms with van der Waals surface area (Å²) < 4.78 is 32.7. The van der Waals surface area contributed by atoms with Crippen molar-refractivity contribution in [2.45, 2.75) is 4.90 Å². The van der Waals surface area contributed by atoms with Gasteiger partial charge in [0.2, 0.25) is 5.76 Å². The van der Waals surface area contributed by atoms with Gasteiger partial charge in [0, 0.05) is 11.9 Å². The van der Waals surface area contributed by atoms with Crippen LogP contribution in [0.4, 0.5) is 5.69 Å². The molecule has 0 atom stereocenters. The molecule has 10 heteroatoms. The van der Waals surface area contributed by atoms with Crippen molar-refractivity contribution in [1.29, 1.82) is 0 Å². The van der Waals surface area contributed by atoms with Gasteiger partial charge in [-0.3, -0.25) is 4.79 Å². The topological polar surface area (TPSA) is 136 Å². The Kier molecular flexibility index (Phi) is 4.36. The average molecular weight is 340 g/mol. The molecule has 0 spiro atoms. The molecule has 0 unspecified atom stereocenters. The smallest absolute Gasteiger partial charge is 0.335 e. The zero-order chi connectivity index (χ0) is 17.2. The number of nitrogens with zero attached hydrogens (tertiary/aromatic N) is 1. The number of anilines is 1. The SMILES string of the molecule is COc1cc(C(=O)Nc2cc(C(=O)O)cc(S(C)(=O)=O)c2)on1. The number of carbonyl (C=O) groups excluding carboxylic acids is 1. The third-order valence-corrected chi connectivity index (χ3v) is 3.85. The molecule has 0 aliphatic carbocycles. The van der Waals surface area contributed by atoms with Gasteiger partial charge >= 0.3 is 5.97 Å². The Morgan fingerprint density at radius 1 is 1.26 bits per heavy atom. The lowest BCUT2D eigenvalue weighted by Gasteiger charge is -2.07. The van der Waals surface area contributed by atoms with Gasteiger partial charge in [-0.05, 0) is 23.4 Å². The predicted molar refractivity (Wildman–Crippen MR) is 77.5 cm³/mol. The number of sulfone groups is 1. The van der Waals surface area contributed by atoms with Crippen molar-refractivity contribution in [1.82, 2.24) is 5.16 Å². The van der Waals surface area contributed by atoms with E-state index in [0.29, 0.717) is 0 Å². The van der Waals surface area contributed by atoms with Gasteiger partial charge in [0.05, 0.1) is 23.6 Å². The lowest BCUT2D eigenvalue weighted by Crippen LogP contribution is -2.12. The molecule has 2 aromatic rings. The predicted octanol–water partition coefficient (Wildman–Crippen LogP) is 1.04. The molecular formula is C13H12N2O7S. The van der Waals surface area contributed by atoms with Gasteiger partial charge in [0.15, 0.2) is 9.84 Å². The first-order chi connectivity index (χ1) is 10.7. The molecule has 1 heterocycles. The molecule has 9 nitrogen and oxygen atoms in total. The van der Waals surface area contributed by atoms with E-state index >= 15 is 0 Å². The van der Waals surface area contributed by atoms with E-state index in [1.54, 1.807) is 0 Å². The summed E-state index contributed by atoms with van der Waals surface area (Å²) >= 11 is 0. The van der Waals surface area contributed by atoms with Crippen LogP contribution in [0.3, 0.4) is 0 Å². The van der Waals surface area contributed by atoms with E-state index in [0.717, 1.165) is 24.5 Å². The third-order valence-electron chi connectivity index (χ3n) is 2.76. The summed E-state index contributed by atoms with van der Waals surface area (Å²) in [7, 11) is -2.31. The quantitative estimate of drug-likeness (QED) is 0.824. The first-order valence-corrected chi connectivity index (χ1v) is 8.00. The van der Waals surface area contributed by atoms with Crippen LogP contribution >= 0.6 is 0 Å². The van der Waals surface area contributed by atoms with Crippen LogP contribution in [0, 0.1) is 0 Å². The second kappa shape index (κ2) is 6.08. The molecular weight excluding hydrogens is 328 g/mol. The number of benzene rings is 1. The number of aromatic nitrogens is 1. The van der Waals surface area contributed by atoms with Crippen molar-refractivity contribution in [2.24, 2.45) is 0 Å². The minimum atomic E-state index is -3.65. The molecule has 2 rings (SSSR count). The van der Waals surface area contributed by atoms with E-state index in [1.807, 2.05) is 0 Å². The second-order valence-corrected chi connectivity index (χ2v) is 6.53. The van der Waals surface area contributed by atoms with E-state index in [1.165, 1.54) is 13.2 Å². The first kappa shape index (κ1) is 16.5. The average Bonchev–Trinajstić information content (AvgIpc) is 2.95. The molecule has 2 N–H and O–H groups in total. The number of ether oxygens (including phenoxy) is 1. The van der Waals surface area contributed by atoms with Gasteiger partial charge in [0.1, 0.15) is 0 Å². The van der Waals surface area contributed by atoms with E-state index < -0.39 is 21.7 Å². The largest absolute Gasteiger partial charge is 0.479 e. The molecule has 0 saturated heterocycles. The molecule has 0 aliphatic heterocycles. The summed E-state index contributed by atoms with van der Waals surface area (Å²) in [5.41, 5.74) is -0.288. The van der Waals surface area contributed by atoms with Crippen LogP contribution in [0.25, 0.3) is 0 Å². The van der Waals surface area contributed by atoms with Gasteiger partial charge in [-0.15, -0.1) is 0 Å². The Balaban J connectivity index is 2.36. The Morgan fingerprint density at radius 2 is 1.96 bits per heavy atom. The van der Waals surface area contributed by atoms with E-state index in [4.69, 9.17) is 14.4 Å². The van der Waals surface area contributed by atoms with Crippen molar-refractivity contribution in [3.63, 3.8) is 0 Å². The number of hydrogen-bond acceptors (Lipinski definition) is 7. The van der Waals surface area contributed by atoms with Crippen molar-refractivity contribution in [3.05, 3.63) is 35.6 Å². The molecule has 1 aromatic heterocycles. The number of nitrogens with one attached hydrogen (secondary N) is 1. The number of carboxylic acids is 1. The molecule has 0 bridgehead atoms. The number of amides is 1.